The lowest BCUT2D eigenvalue weighted by Crippen LogP contribution is -2.14. The molecular formula is C3H9O3P3. The van der Waals surface area contributed by atoms with Crippen molar-refractivity contribution in [3.8, 4) is 0 Å². The molecule has 0 aromatic rings. The molecule has 0 N–H and O–H groups in total. The maximum Gasteiger partial charge on any atom is 0.151 e. The van der Waals surface area contributed by atoms with Gasteiger partial charge in [-0.05, 0) is 0 Å². The topological polar surface area (TPSA) is 35.5 Å². The van der Waals surface area contributed by atoms with Crippen LogP contribution in [-0.4, -0.2) is 19.0 Å². The van der Waals surface area contributed by atoms with Crippen molar-refractivity contribution < 1.29 is 13.8 Å². The Kier molecular flexibility index (Phi) is 7.68. The van der Waals surface area contributed by atoms with Gasteiger partial charge in [0.1, 0.15) is 6.10 Å². The third-order valence-corrected chi connectivity index (χ3v) is 1.67. The second kappa shape index (κ2) is 6.99. The maximum absolute atomic E-state index is 10.1. The molecule has 0 amide bonds. The number of carbonyl (C=O) groups excluding carboxylic acids is 1. The van der Waals surface area contributed by atoms with E-state index in [1.54, 1.807) is 0 Å². The lowest BCUT2D eigenvalue weighted by atomic mass is 10.4. The van der Waals surface area contributed by atoms with Crippen LogP contribution in [0.4, 0.5) is 0 Å². The molecule has 0 fully saturated rings. The van der Waals surface area contributed by atoms with E-state index in [-0.39, 0.29) is 8.50 Å². The molecule has 0 saturated heterocycles. The van der Waals surface area contributed by atoms with Gasteiger partial charge in [0.25, 0.3) is 0 Å². The van der Waals surface area contributed by atoms with E-state index in [9.17, 15) is 4.79 Å². The van der Waals surface area contributed by atoms with Crippen LogP contribution in [0.15, 0.2) is 0 Å². The Bertz CT molecular complexity index is 72.7. The van der Waals surface area contributed by atoms with Gasteiger partial charge in [-0.1, -0.05) is 8.93 Å². The Morgan fingerprint density at radius 1 is 1.78 bits per heavy atom. The Morgan fingerprint density at radius 2 is 2.44 bits per heavy atom. The summed E-state index contributed by atoms with van der Waals surface area (Å²) >= 11 is 0. The molecule has 0 aromatic heterocycles. The standard InChI is InChI=1S/C3H9O3P3/c4-1-3(2-5-7)6-9-8/h1,3,9H,2,7-8H2/t3-/m0/s1. The summed E-state index contributed by atoms with van der Waals surface area (Å²) in [7, 11) is 4.70. The third-order valence-electron chi connectivity index (χ3n) is 0.632. The average Bonchev–Trinajstić information content (AvgIpc) is 1.88. The summed E-state index contributed by atoms with van der Waals surface area (Å²) in [6, 6.07) is 0. The summed E-state index contributed by atoms with van der Waals surface area (Å²) in [5.74, 6) is 0. The normalized spacial score (nSPS) is 14.4. The molecule has 0 aliphatic carbocycles. The summed E-state index contributed by atoms with van der Waals surface area (Å²) in [6.07, 6.45) is 0.305. The van der Waals surface area contributed by atoms with Crippen LogP contribution < -0.4 is 0 Å². The number of hydrogen-bond donors (Lipinski definition) is 0. The summed E-state index contributed by atoms with van der Waals surface area (Å²) < 4.78 is 9.52. The summed E-state index contributed by atoms with van der Waals surface area (Å²) in [4.78, 5) is 10.1. The van der Waals surface area contributed by atoms with Gasteiger partial charge in [-0.25, -0.2) is 0 Å². The Morgan fingerprint density at radius 3 is 2.78 bits per heavy atom. The van der Waals surface area contributed by atoms with Gasteiger partial charge < -0.3 is 13.8 Å². The average molecular weight is 186 g/mol. The van der Waals surface area contributed by atoms with Crippen molar-refractivity contribution in [3.63, 3.8) is 0 Å². The van der Waals surface area contributed by atoms with E-state index in [0.29, 0.717) is 6.61 Å². The molecule has 0 aliphatic rings. The fraction of sp³-hybridized carbons (Fsp3) is 0.667. The van der Waals surface area contributed by atoms with E-state index in [1.165, 1.54) is 0 Å². The fourth-order valence-corrected chi connectivity index (χ4v) is 1.30. The summed E-state index contributed by atoms with van der Waals surface area (Å²) in [6.45, 7) is 0.301. The highest BCUT2D eigenvalue weighted by Crippen LogP contribution is 2.23. The van der Waals surface area contributed by atoms with Crippen LogP contribution in [0.5, 0.6) is 0 Å². The smallest absolute Gasteiger partial charge is 0.151 e. The van der Waals surface area contributed by atoms with E-state index in [0.717, 1.165) is 6.29 Å². The van der Waals surface area contributed by atoms with Crippen LogP contribution in [-0.2, 0) is 13.8 Å². The minimum absolute atomic E-state index is 0.251. The quantitative estimate of drug-likeness (QED) is 0.469. The molecule has 4 atom stereocenters. The molecule has 0 aromatic carbocycles. The highest BCUT2D eigenvalue weighted by Gasteiger charge is 2.03. The molecule has 0 radical (unpaired) electrons. The number of aldehydes is 1. The van der Waals surface area contributed by atoms with E-state index >= 15 is 0 Å². The number of rotatable bonds is 5. The molecule has 0 aliphatic heterocycles. The molecule has 0 bridgehead atoms. The van der Waals surface area contributed by atoms with Crippen LogP contribution in [0.1, 0.15) is 0 Å². The lowest BCUT2D eigenvalue weighted by molar-refractivity contribution is -0.114. The molecule has 3 unspecified atom stereocenters. The minimum Gasteiger partial charge on any atom is -0.362 e. The zero-order valence-corrected chi connectivity index (χ0v) is 8.05. The van der Waals surface area contributed by atoms with Crippen molar-refractivity contribution in [1.29, 1.82) is 0 Å². The van der Waals surface area contributed by atoms with Gasteiger partial charge in [0.2, 0.25) is 0 Å². The van der Waals surface area contributed by atoms with Crippen LogP contribution in [0.25, 0.3) is 0 Å². The molecule has 0 spiro atoms. The first-order valence-corrected chi connectivity index (χ1v) is 5.42. The number of hydrogen-bond acceptors (Lipinski definition) is 3. The van der Waals surface area contributed by atoms with E-state index < -0.39 is 6.10 Å². The maximum atomic E-state index is 10.1. The largest absolute Gasteiger partial charge is 0.362 e. The third kappa shape index (κ3) is 5.33. The number of carbonyl (C=O) groups is 1. The van der Waals surface area contributed by atoms with Gasteiger partial charge in [0.15, 0.2) is 6.29 Å². The van der Waals surface area contributed by atoms with Crippen molar-refractivity contribution >= 4 is 33.2 Å². The SMILES string of the molecule is O=C[C@@H](COP)OPP. The van der Waals surface area contributed by atoms with Crippen molar-refractivity contribution in [2.24, 2.45) is 0 Å². The van der Waals surface area contributed by atoms with Crippen molar-refractivity contribution in [1.82, 2.24) is 0 Å². The molecule has 3 nitrogen and oxygen atoms in total. The lowest BCUT2D eigenvalue weighted by Gasteiger charge is -2.06. The molecule has 54 valence electrons. The zero-order valence-electron chi connectivity index (χ0n) is 4.74. The van der Waals surface area contributed by atoms with Crippen LogP contribution >= 0.6 is 26.9 Å². The predicted molar refractivity (Wildman–Crippen MR) is 44.6 cm³/mol. The second-order valence-electron chi connectivity index (χ2n) is 1.24. The molecular weight excluding hydrogens is 177 g/mol. The fourth-order valence-electron chi connectivity index (χ4n) is 0.283. The van der Waals surface area contributed by atoms with Gasteiger partial charge in [-0.15, -0.1) is 0 Å². The second-order valence-corrected chi connectivity index (χ2v) is 2.76. The highest BCUT2D eigenvalue weighted by molar-refractivity contribution is 8.00. The van der Waals surface area contributed by atoms with Gasteiger partial charge in [-0.3, -0.25) is 0 Å². The van der Waals surface area contributed by atoms with Crippen molar-refractivity contribution in [2.75, 3.05) is 6.61 Å². The van der Waals surface area contributed by atoms with Crippen molar-refractivity contribution in [3.05, 3.63) is 0 Å². The first-order chi connectivity index (χ1) is 4.35. The van der Waals surface area contributed by atoms with Gasteiger partial charge in [0, 0.05) is 18.0 Å². The van der Waals surface area contributed by atoms with E-state index in [2.05, 4.69) is 22.9 Å². The zero-order chi connectivity index (χ0) is 7.11. The molecule has 9 heavy (non-hydrogen) atoms. The Labute approximate surface area is 60.5 Å². The van der Waals surface area contributed by atoms with Crippen LogP contribution in [0.2, 0.25) is 0 Å². The first kappa shape index (κ1) is 9.88. The Hall–Kier alpha value is 0.880. The van der Waals surface area contributed by atoms with Gasteiger partial charge >= 0.3 is 0 Å². The van der Waals surface area contributed by atoms with E-state index in [4.69, 9.17) is 4.52 Å². The van der Waals surface area contributed by atoms with Gasteiger partial charge in [-0.2, -0.15) is 0 Å². The van der Waals surface area contributed by atoms with Crippen LogP contribution in [0.3, 0.4) is 0 Å². The molecule has 0 rings (SSSR count). The Balaban J connectivity index is 3.29. The predicted octanol–water partition coefficient (Wildman–Crippen LogP) is 0.761. The summed E-state index contributed by atoms with van der Waals surface area (Å²) in [5.41, 5.74) is 0. The monoisotopic (exact) mass is 186 g/mol. The molecule has 6 heteroatoms. The first-order valence-electron chi connectivity index (χ1n) is 2.23. The van der Waals surface area contributed by atoms with E-state index in [1.807, 2.05) is 0 Å². The molecule has 0 saturated carbocycles. The molecule has 0 heterocycles. The highest BCUT2D eigenvalue weighted by atomic mass is 32.0. The van der Waals surface area contributed by atoms with Crippen LogP contribution in [0, 0.1) is 0 Å². The summed E-state index contributed by atoms with van der Waals surface area (Å²) in [5, 5.41) is 0. The van der Waals surface area contributed by atoms with Crippen molar-refractivity contribution in [2.45, 2.75) is 6.10 Å². The van der Waals surface area contributed by atoms with Gasteiger partial charge in [0.05, 0.1) is 6.61 Å². The minimum atomic E-state index is -0.418.